The van der Waals surface area contributed by atoms with E-state index in [0.29, 0.717) is 0 Å². The van der Waals surface area contributed by atoms with Crippen molar-refractivity contribution >= 4 is 7.82 Å². The maximum absolute atomic E-state index is 8.55. The lowest BCUT2D eigenvalue weighted by atomic mass is 10.5. The highest BCUT2D eigenvalue weighted by Crippen LogP contribution is 2.03. The third kappa shape index (κ3) is 148. The molecule has 0 aromatic carbocycles. The van der Waals surface area contributed by atoms with Gasteiger partial charge in [0.2, 0.25) is 0 Å². The van der Waals surface area contributed by atoms with Crippen molar-refractivity contribution in [3.8, 4) is 0 Å². The molecule has 0 saturated carbocycles. The van der Waals surface area contributed by atoms with Gasteiger partial charge in [0.15, 0.2) is 0 Å². The van der Waals surface area contributed by atoms with Crippen molar-refractivity contribution in [1.29, 1.82) is 0 Å². The first-order valence-corrected chi connectivity index (χ1v) is 7.64. The van der Waals surface area contributed by atoms with E-state index in [9.17, 15) is 0 Å². The van der Waals surface area contributed by atoms with E-state index in [-0.39, 0.29) is 19.8 Å². The van der Waals surface area contributed by atoms with Crippen LogP contribution in [0.15, 0.2) is 0 Å². The number of quaternary nitrogens is 3. The summed E-state index contributed by atoms with van der Waals surface area (Å²) in [5, 5.41) is 24.1. The van der Waals surface area contributed by atoms with Gasteiger partial charge in [0.05, 0.1) is 19.6 Å². The van der Waals surface area contributed by atoms with E-state index < -0.39 is 7.82 Å². The molecule has 0 heterocycles. The van der Waals surface area contributed by atoms with Crippen molar-refractivity contribution in [2.75, 3.05) is 39.5 Å². The zero-order valence-corrected chi connectivity index (χ0v) is 12.8. The highest BCUT2D eigenvalue weighted by Gasteiger charge is 1.73. The molecule has 0 aromatic heterocycles. The Bertz CT molecular complexity index is 154. The Balaban J connectivity index is -0.0000000853. The fourth-order valence-electron chi connectivity index (χ4n) is 0.335. The highest BCUT2D eigenvalue weighted by molar-refractivity contribution is 7.40. The number of aliphatic hydroxyl groups excluding tert-OH is 3. The maximum atomic E-state index is 8.55. The Labute approximate surface area is 119 Å². The summed E-state index contributed by atoms with van der Waals surface area (Å²) < 4.78 is 8.55. The van der Waals surface area contributed by atoms with Gasteiger partial charge in [-0.25, -0.2) is 0 Å². The van der Waals surface area contributed by atoms with Crippen molar-refractivity contribution < 1.29 is 51.8 Å². The molecule has 0 aliphatic carbocycles. The van der Waals surface area contributed by atoms with Gasteiger partial charge < -0.3 is 51.8 Å². The van der Waals surface area contributed by atoms with E-state index in [4.69, 9.17) is 34.6 Å². The predicted octanol–water partition coefficient (Wildman–Crippen LogP) is -6.99. The Hall–Kier alpha value is -0.130. The fourth-order valence-corrected chi connectivity index (χ4v) is 0.335. The lowest BCUT2D eigenvalue weighted by Gasteiger charge is -2.36. The normalized spacial score (nSPS) is 9.25. The topological polar surface area (TPSA) is 230 Å². The summed E-state index contributed by atoms with van der Waals surface area (Å²) in [5.41, 5.74) is 10.5. The standard InChI is InChI=1S/3C3H9NO.H3O4P/c3*4-2-1-3-5;1-5(2,3)4/h3*5H,1-4H2;(H3,1,2,3,4). The average molecular weight is 323 g/mol. The lowest BCUT2D eigenvalue weighted by molar-refractivity contribution is -0.432. The molecule has 0 rings (SSSR count). The molecule has 0 unspecified atom stereocenters. The molecule has 0 amide bonds. The molecule has 0 spiro atoms. The minimum absolute atomic E-state index is 0.281. The molecule has 0 aliphatic heterocycles. The van der Waals surface area contributed by atoms with Crippen LogP contribution in [0.3, 0.4) is 0 Å². The van der Waals surface area contributed by atoms with Gasteiger partial charge in [-0.1, -0.05) is 0 Å². The monoisotopic (exact) mass is 323 g/mol. The Morgan fingerprint density at radius 1 is 0.700 bits per heavy atom. The van der Waals surface area contributed by atoms with Crippen LogP contribution in [0.25, 0.3) is 0 Å². The minimum Gasteiger partial charge on any atom is -0.822 e. The molecule has 0 saturated heterocycles. The van der Waals surface area contributed by atoms with Crippen LogP contribution in [-0.4, -0.2) is 54.8 Å². The molecule has 0 atom stereocenters. The number of hydrogen-bond donors (Lipinski definition) is 6. The van der Waals surface area contributed by atoms with Crippen LogP contribution in [-0.2, 0) is 4.57 Å². The molecule has 10 nitrogen and oxygen atoms in total. The Kier molecular flexibility index (Phi) is 38.3. The second-order valence-corrected chi connectivity index (χ2v) is 4.13. The van der Waals surface area contributed by atoms with Crippen molar-refractivity contribution in [2.24, 2.45) is 0 Å². The smallest absolute Gasteiger partial charge is 0.0762 e. The lowest BCUT2D eigenvalue weighted by Crippen LogP contribution is -2.50. The summed E-state index contributed by atoms with van der Waals surface area (Å²) >= 11 is 0. The van der Waals surface area contributed by atoms with Gasteiger partial charge in [0.25, 0.3) is 0 Å². The van der Waals surface area contributed by atoms with E-state index in [1.807, 2.05) is 0 Å². The average Bonchev–Trinajstić information content (AvgIpc) is 2.31. The quantitative estimate of drug-likeness (QED) is 0.258. The van der Waals surface area contributed by atoms with Gasteiger partial charge in [0.1, 0.15) is 0 Å². The number of aliphatic hydroxyl groups is 3. The molecule has 0 radical (unpaired) electrons. The molecule has 20 heavy (non-hydrogen) atoms. The minimum atomic E-state index is -5.39. The second kappa shape index (κ2) is 27.3. The molecule has 0 fully saturated rings. The van der Waals surface area contributed by atoms with E-state index in [1.54, 1.807) is 0 Å². The van der Waals surface area contributed by atoms with Crippen LogP contribution in [0.4, 0.5) is 0 Å². The van der Waals surface area contributed by atoms with Crippen molar-refractivity contribution in [1.82, 2.24) is 0 Å². The van der Waals surface area contributed by atoms with Crippen molar-refractivity contribution in [3.05, 3.63) is 0 Å². The largest absolute Gasteiger partial charge is 0.822 e. The van der Waals surface area contributed by atoms with Crippen molar-refractivity contribution in [3.63, 3.8) is 0 Å². The van der Waals surface area contributed by atoms with E-state index >= 15 is 0 Å². The third-order valence-corrected chi connectivity index (χ3v) is 1.22. The number of phosphoric acid groups is 1. The third-order valence-electron chi connectivity index (χ3n) is 1.22. The molecule has 0 bridgehead atoms. The first kappa shape index (κ1) is 28.1. The molecule has 11 heteroatoms. The summed E-state index contributed by atoms with van der Waals surface area (Å²) in [6.07, 6.45) is 2.50. The zero-order chi connectivity index (χ0) is 16.9. The number of rotatable bonds is 6. The summed E-state index contributed by atoms with van der Waals surface area (Å²) in [6.45, 7) is 3.38. The van der Waals surface area contributed by atoms with Gasteiger partial charge in [0, 0.05) is 39.1 Å². The van der Waals surface area contributed by atoms with Gasteiger partial charge in [-0.2, -0.15) is 7.82 Å². The van der Waals surface area contributed by atoms with Gasteiger partial charge in [-0.05, 0) is 0 Å². The maximum Gasteiger partial charge on any atom is 0.0762 e. The first-order valence-electron chi connectivity index (χ1n) is 6.18. The SMILES string of the molecule is O=P([O-])([O-])[O-].[NH3+]CCCO.[NH3+]CCCO.[NH3+]CCCO. The first-order chi connectivity index (χ1) is 9.24. The van der Waals surface area contributed by atoms with Crippen LogP contribution < -0.4 is 31.9 Å². The molecular formula is C9H30N3O7P. The Morgan fingerprint density at radius 2 is 0.850 bits per heavy atom. The van der Waals surface area contributed by atoms with E-state index in [2.05, 4.69) is 17.2 Å². The van der Waals surface area contributed by atoms with Gasteiger partial charge in [-0.3, -0.25) is 0 Å². The number of hydrogen-bond acceptors (Lipinski definition) is 7. The molecule has 0 aliphatic rings. The van der Waals surface area contributed by atoms with Crippen LogP contribution in [0, 0.1) is 0 Å². The summed E-state index contributed by atoms with van der Waals surface area (Å²) in [4.78, 5) is 25.6. The summed E-state index contributed by atoms with van der Waals surface area (Å²) in [5.74, 6) is 0. The summed E-state index contributed by atoms with van der Waals surface area (Å²) in [7, 11) is -5.39. The summed E-state index contributed by atoms with van der Waals surface area (Å²) in [6, 6.07) is 0. The molecule has 128 valence electrons. The molecule has 0 aromatic rings. The molecule has 12 N–H and O–H groups in total. The van der Waals surface area contributed by atoms with Crippen LogP contribution >= 0.6 is 7.82 Å². The van der Waals surface area contributed by atoms with Crippen LogP contribution in [0.5, 0.6) is 0 Å². The van der Waals surface area contributed by atoms with Crippen LogP contribution in [0.1, 0.15) is 19.3 Å². The zero-order valence-electron chi connectivity index (χ0n) is 11.9. The van der Waals surface area contributed by atoms with E-state index in [0.717, 1.165) is 38.9 Å². The second-order valence-electron chi connectivity index (χ2n) is 3.24. The van der Waals surface area contributed by atoms with Gasteiger partial charge in [-0.15, -0.1) is 0 Å². The van der Waals surface area contributed by atoms with Crippen LogP contribution in [0.2, 0.25) is 0 Å². The van der Waals surface area contributed by atoms with Gasteiger partial charge >= 0.3 is 0 Å². The fraction of sp³-hybridized carbons (Fsp3) is 1.00. The predicted molar refractivity (Wildman–Crippen MR) is 66.0 cm³/mol. The highest BCUT2D eigenvalue weighted by atomic mass is 31.2. The molecular weight excluding hydrogens is 293 g/mol. The van der Waals surface area contributed by atoms with Crippen molar-refractivity contribution in [2.45, 2.75) is 19.3 Å². The van der Waals surface area contributed by atoms with E-state index in [1.165, 1.54) is 0 Å². The Morgan fingerprint density at radius 3 is 0.850 bits per heavy atom.